The maximum Gasteiger partial charge on any atom is 0.131 e. The molecule has 2 aromatic carbocycles. The molecule has 3 rings (SSSR count). The predicted molar refractivity (Wildman–Crippen MR) is 77.0 cm³/mol. The molecule has 3 nitrogen and oxygen atoms in total. The average molecular weight is 270 g/mol. The standard InChI is InChI=1S/C16H15FN2O/c1-20-9-8-19-11-12(10-18-19)13-6-7-16(17)15-5-3-2-4-14(13)15/h2-7,10-11H,8-9H2,1H3. The number of hydrogen-bond donors (Lipinski definition) is 0. The number of nitrogens with zero attached hydrogens (tertiary/aromatic N) is 2. The highest BCUT2D eigenvalue weighted by molar-refractivity contribution is 5.96. The lowest BCUT2D eigenvalue weighted by Crippen LogP contribution is -2.03. The van der Waals surface area contributed by atoms with Gasteiger partial charge in [0.25, 0.3) is 0 Å². The Morgan fingerprint density at radius 1 is 1.15 bits per heavy atom. The summed E-state index contributed by atoms with van der Waals surface area (Å²) in [7, 11) is 1.66. The van der Waals surface area contributed by atoms with E-state index in [2.05, 4.69) is 5.10 Å². The Labute approximate surface area is 116 Å². The Kier molecular flexibility index (Phi) is 3.48. The van der Waals surface area contributed by atoms with Crippen LogP contribution in [-0.2, 0) is 11.3 Å². The largest absolute Gasteiger partial charge is 0.383 e. The smallest absolute Gasteiger partial charge is 0.131 e. The molecule has 0 amide bonds. The van der Waals surface area contributed by atoms with Crippen molar-refractivity contribution < 1.29 is 9.13 Å². The zero-order chi connectivity index (χ0) is 13.9. The van der Waals surface area contributed by atoms with Gasteiger partial charge in [0.05, 0.1) is 19.3 Å². The van der Waals surface area contributed by atoms with E-state index >= 15 is 0 Å². The number of fused-ring (bicyclic) bond motifs is 1. The molecule has 0 N–H and O–H groups in total. The second-order valence-corrected chi connectivity index (χ2v) is 4.63. The highest BCUT2D eigenvalue weighted by Gasteiger charge is 2.09. The molecule has 0 saturated carbocycles. The van der Waals surface area contributed by atoms with Crippen LogP contribution in [0, 0.1) is 5.82 Å². The second kappa shape index (κ2) is 5.43. The van der Waals surface area contributed by atoms with Gasteiger partial charge in [0.15, 0.2) is 0 Å². The fourth-order valence-corrected chi connectivity index (χ4v) is 2.32. The van der Waals surface area contributed by atoms with Crippen LogP contribution in [0.4, 0.5) is 4.39 Å². The molecule has 1 aromatic heterocycles. The second-order valence-electron chi connectivity index (χ2n) is 4.63. The van der Waals surface area contributed by atoms with E-state index in [4.69, 9.17) is 4.74 Å². The molecular weight excluding hydrogens is 255 g/mol. The molecule has 0 spiro atoms. The molecule has 3 aromatic rings. The summed E-state index contributed by atoms with van der Waals surface area (Å²) in [5.74, 6) is -0.198. The molecule has 4 heteroatoms. The van der Waals surface area contributed by atoms with Gasteiger partial charge in [0.1, 0.15) is 5.82 Å². The first-order chi connectivity index (χ1) is 9.79. The van der Waals surface area contributed by atoms with Crippen LogP contribution in [0.2, 0.25) is 0 Å². The number of benzene rings is 2. The third-order valence-corrected chi connectivity index (χ3v) is 3.34. The van der Waals surface area contributed by atoms with E-state index in [0.717, 1.165) is 16.5 Å². The van der Waals surface area contributed by atoms with Crippen molar-refractivity contribution in [3.8, 4) is 11.1 Å². The van der Waals surface area contributed by atoms with Crippen LogP contribution in [0.1, 0.15) is 0 Å². The number of aromatic nitrogens is 2. The maximum absolute atomic E-state index is 13.8. The average Bonchev–Trinajstić information content (AvgIpc) is 2.94. The third kappa shape index (κ3) is 2.30. The summed E-state index contributed by atoms with van der Waals surface area (Å²) in [5.41, 5.74) is 1.97. The first kappa shape index (κ1) is 12.8. The van der Waals surface area contributed by atoms with Gasteiger partial charge in [-0.05, 0) is 17.0 Å². The lowest BCUT2D eigenvalue weighted by Gasteiger charge is -2.05. The molecule has 0 radical (unpaired) electrons. The fourth-order valence-electron chi connectivity index (χ4n) is 2.32. The SMILES string of the molecule is COCCn1cc(-c2ccc(F)c3ccccc23)cn1. The quantitative estimate of drug-likeness (QED) is 0.725. The monoisotopic (exact) mass is 270 g/mol. The van der Waals surface area contributed by atoms with Crippen molar-refractivity contribution in [2.75, 3.05) is 13.7 Å². The Hall–Kier alpha value is -2.20. The molecule has 0 saturated heterocycles. The Bertz CT molecular complexity index is 736. The van der Waals surface area contributed by atoms with E-state index in [-0.39, 0.29) is 5.82 Å². The van der Waals surface area contributed by atoms with Gasteiger partial charge in [-0.2, -0.15) is 5.10 Å². The van der Waals surface area contributed by atoms with E-state index in [1.165, 1.54) is 6.07 Å². The van der Waals surface area contributed by atoms with Gasteiger partial charge in [0, 0.05) is 24.3 Å². The van der Waals surface area contributed by atoms with Crippen molar-refractivity contribution in [3.63, 3.8) is 0 Å². The van der Waals surface area contributed by atoms with E-state index in [9.17, 15) is 4.39 Å². The third-order valence-electron chi connectivity index (χ3n) is 3.34. The minimum absolute atomic E-state index is 0.198. The molecule has 0 aliphatic rings. The van der Waals surface area contributed by atoms with Gasteiger partial charge in [-0.15, -0.1) is 0 Å². The predicted octanol–water partition coefficient (Wildman–Crippen LogP) is 3.49. The zero-order valence-electron chi connectivity index (χ0n) is 11.2. The normalized spacial score (nSPS) is 11.1. The summed E-state index contributed by atoms with van der Waals surface area (Å²) in [6.07, 6.45) is 3.76. The van der Waals surface area contributed by atoms with Gasteiger partial charge in [0.2, 0.25) is 0 Å². The highest BCUT2D eigenvalue weighted by atomic mass is 19.1. The van der Waals surface area contributed by atoms with Gasteiger partial charge in [-0.3, -0.25) is 4.68 Å². The number of hydrogen-bond acceptors (Lipinski definition) is 2. The topological polar surface area (TPSA) is 27.1 Å². The minimum Gasteiger partial charge on any atom is -0.383 e. The summed E-state index contributed by atoms with van der Waals surface area (Å²) in [4.78, 5) is 0. The van der Waals surface area contributed by atoms with E-state index in [1.807, 2.05) is 29.1 Å². The van der Waals surface area contributed by atoms with Crippen molar-refractivity contribution >= 4 is 10.8 Å². The molecule has 0 aliphatic heterocycles. The molecule has 1 heterocycles. The van der Waals surface area contributed by atoms with Crippen molar-refractivity contribution in [3.05, 3.63) is 54.6 Å². The lowest BCUT2D eigenvalue weighted by molar-refractivity contribution is 0.183. The van der Waals surface area contributed by atoms with Gasteiger partial charge >= 0.3 is 0 Å². The van der Waals surface area contributed by atoms with Crippen molar-refractivity contribution in [1.82, 2.24) is 9.78 Å². The number of rotatable bonds is 4. The highest BCUT2D eigenvalue weighted by Crippen LogP contribution is 2.29. The number of ether oxygens (including phenoxy) is 1. The van der Waals surface area contributed by atoms with Crippen LogP contribution in [0.15, 0.2) is 48.8 Å². The molecule has 102 valence electrons. The Balaban J connectivity index is 2.06. The van der Waals surface area contributed by atoms with Crippen molar-refractivity contribution in [1.29, 1.82) is 0 Å². The van der Waals surface area contributed by atoms with Gasteiger partial charge in [-0.1, -0.05) is 30.3 Å². The molecular formula is C16H15FN2O. The minimum atomic E-state index is -0.198. The Morgan fingerprint density at radius 2 is 1.95 bits per heavy atom. The maximum atomic E-state index is 13.8. The molecule has 0 unspecified atom stereocenters. The lowest BCUT2D eigenvalue weighted by atomic mass is 10.0. The first-order valence-corrected chi connectivity index (χ1v) is 6.48. The van der Waals surface area contributed by atoms with Crippen LogP contribution in [-0.4, -0.2) is 23.5 Å². The number of methoxy groups -OCH3 is 1. The summed E-state index contributed by atoms with van der Waals surface area (Å²) in [6, 6.07) is 10.8. The van der Waals surface area contributed by atoms with E-state index in [1.54, 1.807) is 25.4 Å². The van der Waals surface area contributed by atoms with Crippen LogP contribution in [0.25, 0.3) is 21.9 Å². The molecule has 0 atom stereocenters. The molecule has 20 heavy (non-hydrogen) atoms. The zero-order valence-corrected chi connectivity index (χ0v) is 11.2. The molecule has 0 bridgehead atoms. The number of halogens is 1. The van der Waals surface area contributed by atoms with Crippen molar-refractivity contribution in [2.24, 2.45) is 0 Å². The molecule has 0 fully saturated rings. The van der Waals surface area contributed by atoms with Crippen LogP contribution < -0.4 is 0 Å². The van der Waals surface area contributed by atoms with Crippen LogP contribution in [0.5, 0.6) is 0 Å². The van der Waals surface area contributed by atoms with Crippen LogP contribution in [0.3, 0.4) is 0 Å². The summed E-state index contributed by atoms with van der Waals surface area (Å²) < 4.78 is 20.7. The summed E-state index contributed by atoms with van der Waals surface area (Å²) in [6.45, 7) is 1.32. The van der Waals surface area contributed by atoms with Gasteiger partial charge in [-0.25, -0.2) is 4.39 Å². The molecule has 0 aliphatic carbocycles. The van der Waals surface area contributed by atoms with Crippen molar-refractivity contribution in [2.45, 2.75) is 6.54 Å². The van der Waals surface area contributed by atoms with E-state index in [0.29, 0.717) is 18.5 Å². The first-order valence-electron chi connectivity index (χ1n) is 6.48. The van der Waals surface area contributed by atoms with Crippen LogP contribution >= 0.6 is 0 Å². The summed E-state index contributed by atoms with van der Waals surface area (Å²) >= 11 is 0. The Morgan fingerprint density at radius 3 is 2.75 bits per heavy atom. The summed E-state index contributed by atoms with van der Waals surface area (Å²) in [5, 5.41) is 5.84. The van der Waals surface area contributed by atoms with Gasteiger partial charge < -0.3 is 4.74 Å². The fraction of sp³-hybridized carbons (Fsp3) is 0.188. The van der Waals surface area contributed by atoms with E-state index < -0.39 is 0 Å².